The molecule has 0 spiro atoms. The topological polar surface area (TPSA) is 99.3 Å². The Morgan fingerprint density at radius 2 is 1.59 bits per heavy atom. The van der Waals surface area contributed by atoms with E-state index in [0.29, 0.717) is 24.3 Å². The highest BCUT2D eigenvalue weighted by Gasteiger charge is 2.21. The van der Waals surface area contributed by atoms with E-state index in [4.69, 9.17) is 0 Å². The lowest BCUT2D eigenvalue weighted by Crippen LogP contribution is -2.36. The van der Waals surface area contributed by atoms with Gasteiger partial charge in [0.15, 0.2) is 0 Å². The minimum absolute atomic E-state index is 0.0911. The second-order valence-electron chi connectivity index (χ2n) is 6.90. The van der Waals surface area contributed by atoms with Gasteiger partial charge in [-0.1, -0.05) is 20.8 Å². The van der Waals surface area contributed by atoms with Gasteiger partial charge in [0.2, 0.25) is 5.91 Å². The van der Waals surface area contributed by atoms with E-state index >= 15 is 0 Å². The van der Waals surface area contributed by atoms with Gasteiger partial charge in [-0.25, -0.2) is 4.79 Å². The quantitative estimate of drug-likeness (QED) is 0.572. The zero-order chi connectivity index (χ0) is 19.9. The van der Waals surface area contributed by atoms with Crippen LogP contribution in [-0.4, -0.2) is 30.9 Å². The second kappa shape index (κ2) is 9.18. The van der Waals surface area contributed by atoms with Crippen molar-refractivity contribution in [3.63, 3.8) is 0 Å². The van der Waals surface area contributed by atoms with Crippen LogP contribution in [0.25, 0.3) is 0 Å². The summed E-state index contributed by atoms with van der Waals surface area (Å²) in [6, 6.07) is 10.00. The molecule has 144 valence electrons. The summed E-state index contributed by atoms with van der Waals surface area (Å²) in [5.74, 6) is -0.337. The van der Waals surface area contributed by atoms with E-state index in [1.54, 1.807) is 30.3 Å². The SMILES string of the molecule is CC(C)(C)C(=O)Nc1ccc(C(=O)NCCNC(=O)Nc2cccs2)cc1. The van der Waals surface area contributed by atoms with Gasteiger partial charge in [0.05, 0.1) is 5.00 Å². The molecule has 1 heterocycles. The van der Waals surface area contributed by atoms with E-state index < -0.39 is 5.41 Å². The third-order valence-electron chi connectivity index (χ3n) is 3.54. The fraction of sp³-hybridized carbons (Fsp3) is 0.316. The van der Waals surface area contributed by atoms with E-state index in [0.717, 1.165) is 5.00 Å². The minimum atomic E-state index is -0.487. The molecule has 0 aliphatic carbocycles. The first-order chi connectivity index (χ1) is 12.8. The fourth-order valence-corrected chi connectivity index (χ4v) is 2.60. The van der Waals surface area contributed by atoms with Crippen LogP contribution in [0.15, 0.2) is 41.8 Å². The Labute approximate surface area is 162 Å². The number of carbonyl (C=O) groups excluding carboxylic acids is 3. The number of rotatable bonds is 6. The van der Waals surface area contributed by atoms with Gasteiger partial charge in [-0.2, -0.15) is 0 Å². The molecule has 2 aromatic rings. The van der Waals surface area contributed by atoms with Crippen LogP contribution in [0.4, 0.5) is 15.5 Å². The van der Waals surface area contributed by atoms with Gasteiger partial charge >= 0.3 is 6.03 Å². The number of urea groups is 1. The summed E-state index contributed by atoms with van der Waals surface area (Å²) >= 11 is 1.43. The Balaban J connectivity index is 1.72. The molecule has 0 saturated heterocycles. The molecule has 27 heavy (non-hydrogen) atoms. The van der Waals surface area contributed by atoms with Crippen LogP contribution in [0, 0.1) is 5.41 Å². The van der Waals surface area contributed by atoms with Gasteiger partial charge < -0.3 is 16.0 Å². The molecule has 7 nitrogen and oxygen atoms in total. The molecule has 0 aliphatic rings. The van der Waals surface area contributed by atoms with Gasteiger partial charge in [0.1, 0.15) is 0 Å². The molecule has 0 fully saturated rings. The van der Waals surface area contributed by atoms with E-state index in [9.17, 15) is 14.4 Å². The van der Waals surface area contributed by atoms with Gasteiger partial charge in [-0.3, -0.25) is 14.9 Å². The Hall–Kier alpha value is -2.87. The summed E-state index contributed by atoms with van der Waals surface area (Å²) in [6.45, 7) is 6.11. The lowest BCUT2D eigenvalue weighted by atomic mass is 9.95. The summed E-state index contributed by atoms with van der Waals surface area (Å²) in [7, 11) is 0. The number of hydrogen-bond acceptors (Lipinski definition) is 4. The van der Waals surface area contributed by atoms with Gasteiger partial charge in [0, 0.05) is 29.8 Å². The highest BCUT2D eigenvalue weighted by Crippen LogP contribution is 2.17. The molecular formula is C19H24N4O3S. The molecule has 1 aromatic heterocycles. The van der Waals surface area contributed by atoms with Crippen LogP contribution in [-0.2, 0) is 4.79 Å². The molecule has 0 atom stereocenters. The largest absolute Gasteiger partial charge is 0.350 e. The fourth-order valence-electron chi connectivity index (χ4n) is 1.98. The first-order valence-electron chi connectivity index (χ1n) is 8.54. The number of carbonyl (C=O) groups is 3. The third kappa shape index (κ3) is 6.74. The minimum Gasteiger partial charge on any atom is -0.350 e. The van der Waals surface area contributed by atoms with Gasteiger partial charge in [-0.15, -0.1) is 11.3 Å². The number of hydrogen-bond donors (Lipinski definition) is 4. The van der Waals surface area contributed by atoms with Crippen molar-refractivity contribution in [2.75, 3.05) is 23.7 Å². The van der Waals surface area contributed by atoms with Crippen LogP contribution in [0.5, 0.6) is 0 Å². The van der Waals surface area contributed by atoms with Crippen molar-refractivity contribution < 1.29 is 14.4 Å². The van der Waals surface area contributed by atoms with Crippen LogP contribution < -0.4 is 21.3 Å². The predicted octanol–water partition coefficient (Wildman–Crippen LogP) is 3.28. The Morgan fingerprint density at radius 1 is 0.926 bits per heavy atom. The van der Waals surface area contributed by atoms with E-state index in [1.165, 1.54) is 11.3 Å². The van der Waals surface area contributed by atoms with Crippen molar-refractivity contribution in [1.29, 1.82) is 0 Å². The number of thiophene rings is 1. The Bertz CT molecular complexity index is 780. The summed E-state index contributed by atoms with van der Waals surface area (Å²) in [5, 5.41) is 13.5. The summed E-state index contributed by atoms with van der Waals surface area (Å²) in [5.41, 5.74) is 0.629. The zero-order valence-electron chi connectivity index (χ0n) is 15.6. The van der Waals surface area contributed by atoms with E-state index in [-0.39, 0.29) is 17.8 Å². The molecule has 0 saturated carbocycles. The zero-order valence-corrected chi connectivity index (χ0v) is 16.4. The summed E-state index contributed by atoms with van der Waals surface area (Å²) < 4.78 is 0. The van der Waals surface area contributed by atoms with Crippen molar-refractivity contribution in [2.24, 2.45) is 5.41 Å². The molecule has 8 heteroatoms. The number of anilines is 2. The molecule has 1 aromatic carbocycles. The third-order valence-corrected chi connectivity index (χ3v) is 4.33. The molecule has 2 rings (SSSR count). The Morgan fingerprint density at radius 3 is 2.19 bits per heavy atom. The van der Waals surface area contributed by atoms with Gasteiger partial charge in [0.25, 0.3) is 5.91 Å². The van der Waals surface area contributed by atoms with Crippen molar-refractivity contribution in [3.05, 3.63) is 47.3 Å². The maximum absolute atomic E-state index is 12.1. The predicted molar refractivity (Wildman–Crippen MR) is 108 cm³/mol. The standard InChI is InChI=1S/C19H24N4O3S/c1-19(2,3)17(25)22-14-8-6-13(7-9-14)16(24)20-10-11-21-18(26)23-15-5-4-12-27-15/h4-9,12H,10-11H2,1-3H3,(H,20,24)(H,22,25)(H2,21,23,26). The van der Waals surface area contributed by atoms with Crippen LogP contribution in [0.3, 0.4) is 0 Å². The van der Waals surface area contributed by atoms with Crippen LogP contribution in [0.1, 0.15) is 31.1 Å². The van der Waals surface area contributed by atoms with E-state index in [1.807, 2.05) is 32.2 Å². The highest BCUT2D eigenvalue weighted by atomic mass is 32.1. The lowest BCUT2D eigenvalue weighted by molar-refractivity contribution is -0.123. The molecule has 4 amide bonds. The highest BCUT2D eigenvalue weighted by molar-refractivity contribution is 7.14. The number of amides is 4. The number of nitrogens with one attached hydrogen (secondary N) is 4. The maximum Gasteiger partial charge on any atom is 0.319 e. The summed E-state index contributed by atoms with van der Waals surface area (Å²) in [4.78, 5) is 35.7. The molecule has 0 bridgehead atoms. The van der Waals surface area contributed by atoms with Crippen molar-refractivity contribution in [3.8, 4) is 0 Å². The number of benzene rings is 1. The van der Waals surface area contributed by atoms with Crippen molar-refractivity contribution in [2.45, 2.75) is 20.8 Å². The molecular weight excluding hydrogens is 364 g/mol. The normalized spacial score (nSPS) is 10.8. The average molecular weight is 388 g/mol. The van der Waals surface area contributed by atoms with Crippen LogP contribution in [0.2, 0.25) is 0 Å². The molecule has 0 unspecified atom stereocenters. The van der Waals surface area contributed by atoms with E-state index in [2.05, 4.69) is 21.3 Å². The molecule has 0 aliphatic heterocycles. The van der Waals surface area contributed by atoms with Crippen LogP contribution >= 0.6 is 11.3 Å². The monoisotopic (exact) mass is 388 g/mol. The van der Waals surface area contributed by atoms with Crippen molar-refractivity contribution >= 4 is 39.9 Å². The molecule has 4 N–H and O–H groups in total. The second-order valence-corrected chi connectivity index (χ2v) is 7.84. The lowest BCUT2D eigenvalue weighted by Gasteiger charge is -2.17. The first kappa shape index (κ1) is 20.4. The first-order valence-corrected chi connectivity index (χ1v) is 9.42. The maximum atomic E-state index is 12.1. The Kier molecular flexibility index (Phi) is 6.95. The molecule has 0 radical (unpaired) electrons. The van der Waals surface area contributed by atoms with Gasteiger partial charge in [-0.05, 0) is 41.8 Å². The smallest absolute Gasteiger partial charge is 0.319 e. The summed E-state index contributed by atoms with van der Waals surface area (Å²) in [6.07, 6.45) is 0. The average Bonchev–Trinajstić information content (AvgIpc) is 3.11. The van der Waals surface area contributed by atoms with Crippen molar-refractivity contribution in [1.82, 2.24) is 10.6 Å².